The number of rotatable bonds is 5. The van der Waals surface area contributed by atoms with Crippen LogP contribution in [0.3, 0.4) is 0 Å². The quantitative estimate of drug-likeness (QED) is 0.900. The highest BCUT2D eigenvalue weighted by atomic mass is 16.5. The van der Waals surface area contributed by atoms with Crippen LogP contribution in [0.4, 0.5) is 4.79 Å². The molecule has 1 amide bonds. The average molecular weight is 277 g/mol. The Labute approximate surface area is 120 Å². The van der Waals surface area contributed by atoms with Crippen LogP contribution in [0.25, 0.3) is 0 Å². The maximum Gasteiger partial charge on any atom is 0.407 e. The Morgan fingerprint density at radius 1 is 1.20 bits per heavy atom. The van der Waals surface area contributed by atoms with E-state index in [2.05, 4.69) is 5.32 Å². The number of nitrogens with one attached hydrogen (secondary N) is 1. The Morgan fingerprint density at radius 2 is 1.80 bits per heavy atom. The first kappa shape index (κ1) is 16.2. The molecule has 0 aliphatic carbocycles. The summed E-state index contributed by atoms with van der Waals surface area (Å²) in [7, 11) is 0. The Hall–Kier alpha value is -1.84. The number of benzene rings is 1. The normalized spacial score (nSPS) is 12.6. The fraction of sp³-hybridized carbons (Fsp3) is 0.500. The van der Waals surface area contributed by atoms with Crippen LogP contribution < -0.4 is 5.32 Å². The molecule has 0 saturated carbocycles. The molecule has 0 unspecified atom stereocenters. The smallest absolute Gasteiger partial charge is 0.407 e. The second kappa shape index (κ2) is 7.08. The Bertz CT molecular complexity index is 449. The van der Waals surface area contributed by atoms with Gasteiger partial charge in [0.15, 0.2) is 5.78 Å². The Morgan fingerprint density at radius 3 is 2.30 bits per heavy atom. The zero-order valence-corrected chi connectivity index (χ0v) is 12.6. The van der Waals surface area contributed by atoms with Crippen molar-refractivity contribution in [3.63, 3.8) is 0 Å². The predicted molar refractivity (Wildman–Crippen MR) is 78.6 cm³/mol. The highest BCUT2D eigenvalue weighted by Gasteiger charge is 2.31. The van der Waals surface area contributed by atoms with Gasteiger partial charge in [-0.25, -0.2) is 4.79 Å². The lowest BCUT2D eigenvalue weighted by atomic mass is 9.84. The zero-order chi connectivity index (χ0) is 15.2. The summed E-state index contributed by atoms with van der Waals surface area (Å²) in [5.41, 5.74) is 0.491. The summed E-state index contributed by atoms with van der Waals surface area (Å²) in [4.78, 5) is 24.0. The van der Waals surface area contributed by atoms with Crippen LogP contribution in [0.15, 0.2) is 30.3 Å². The molecule has 0 aliphatic heterocycles. The van der Waals surface area contributed by atoms with Crippen molar-refractivity contribution in [2.24, 2.45) is 5.41 Å². The maximum atomic E-state index is 12.4. The molecule has 1 aromatic rings. The first-order valence-electron chi connectivity index (χ1n) is 6.86. The van der Waals surface area contributed by atoms with E-state index in [9.17, 15) is 9.59 Å². The summed E-state index contributed by atoms with van der Waals surface area (Å²) in [5.74, 6) is -0.00518. The number of Topliss-reactive ketones (excluding diaryl/α,β-unsaturated/α-hetero) is 1. The molecule has 0 saturated heterocycles. The van der Waals surface area contributed by atoms with Gasteiger partial charge in [0.2, 0.25) is 0 Å². The van der Waals surface area contributed by atoms with Gasteiger partial charge in [0, 0.05) is 5.41 Å². The van der Waals surface area contributed by atoms with Gasteiger partial charge in [-0.3, -0.25) is 4.79 Å². The number of carbonyl (C=O) groups is 2. The predicted octanol–water partition coefficient (Wildman–Crippen LogP) is 2.96. The first-order chi connectivity index (χ1) is 9.34. The molecule has 0 heterocycles. The molecule has 0 fully saturated rings. The minimum Gasteiger partial charge on any atom is -0.450 e. The van der Waals surface area contributed by atoms with Crippen LogP contribution in [0.2, 0.25) is 0 Å². The molecular formula is C16H23NO3. The van der Waals surface area contributed by atoms with Crippen LogP contribution in [0.1, 0.15) is 33.3 Å². The van der Waals surface area contributed by atoms with Crippen molar-refractivity contribution in [3.05, 3.63) is 35.9 Å². The molecule has 1 rings (SSSR count). The molecule has 110 valence electrons. The van der Waals surface area contributed by atoms with E-state index < -0.39 is 17.6 Å². The highest BCUT2D eigenvalue weighted by molar-refractivity contribution is 5.91. The topological polar surface area (TPSA) is 55.4 Å². The lowest BCUT2D eigenvalue weighted by molar-refractivity contribution is -0.128. The minimum absolute atomic E-state index is 0.00518. The Kier molecular flexibility index (Phi) is 5.74. The molecule has 0 aliphatic rings. The molecule has 20 heavy (non-hydrogen) atoms. The minimum atomic E-state index is -0.573. The summed E-state index contributed by atoms with van der Waals surface area (Å²) in [6, 6.07) is 9.06. The van der Waals surface area contributed by atoms with Crippen molar-refractivity contribution in [1.29, 1.82) is 0 Å². The van der Waals surface area contributed by atoms with Crippen LogP contribution >= 0.6 is 0 Å². The second-order valence-corrected chi connectivity index (χ2v) is 5.72. The van der Waals surface area contributed by atoms with Crippen LogP contribution in [0, 0.1) is 5.41 Å². The van der Waals surface area contributed by atoms with E-state index in [4.69, 9.17) is 4.74 Å². The number of ether oxygens (including phenoxy) is 1. The number of hydrogen-bond acceptors (Lipinski definition) is 3. The van der Waals surface area contributed by atoms with Crippen molar-refractivity contribution in [2.75, 3.05) is 6.61 Å². The van der Waals surface area contributed by atoms with E-state index in [1.54, 1.807) is 6.92 Å². The Balaban J connectivity index is 2.84. The van der Waals surface area contributed by atoms with Gasteiger partial charge in [-0.1, -0.05) is 51.1 Å². The van der Waals surface area contributed by atoms with E-state index in [1.165, 1.54) is 0 Å². The fourth-order valence-corrected chi connectivity index (χ4v) is 1.90. The van der Waals surface area contributed by atoms with E-state index in [0.717, 1.165) is 5.56 Å². The van der Waals surface area contributed by atoms with Gasteiger partial charge in [0.1, 0.15) is 0 Å². The molecule has 0 aromatic heterocycles. The number of alkyl carbamates (subject to hydrolysis) is 1. The number of ketones is 1. The molecule has 4 nitrogen and oxygen atoms in total. The molecule has 0 bridgehead atoms. The van der Waals surface area contributed by atoms with E-state index in [0.29, 0.717) is 6.42 Å². The molecule has 0 radical (unpaired) electrons. The molecular weight excluding hydrogens is 254 g/mol. The van der Waals surface area contributed by atoms with Crippen molar-refractivity contribution in [2.45, 2.75) is 40.2 Å². The largest absolute Gasteiger partial charge is 0.450 e. The summed E-state index contributed by atoms with van der Waals surface area (Å²) in [5, 5.41) is 2.66. The lowest BCUT2D eigenvalue weighted by Gasteiger charge is -2.25. The van der Waals surface area contributed by atoms with Gasteiger partial charge in [-0.2, -0.15) is 0 Å². The van der Waals surface area contributed by atoms with Crippen molar-refractivity contribution in [3.8, 4) is 0 Å². The average Bonchev–Trinajstić information content (AvgIpc) is 2.37. The standard InChI is InChI=1S/C16H23NO3/c1-5-20-15(19)17-13(14(18)16(2,3)4)11-12-9-7-6-8-10-12/h6-10,13H,5,11H2,1-4H3,(H,17,19)/t13-/m0/s1. The fourth-order valence-electron chi connectivity index (χ4n) is 1.90. The van der Waals surface area contributed by atoms with Gasteiger partial charge in [0.05, 0.1) is 12.6 Å². The van der Waals surface area contributed by atoms with Gasteiger partial charge in [-0.15, -0.1) is 0 Å². The molecule has 0 spiro atoms. The van der Waals surface area contributed by atoms with Gasteiger partial charge < -0.3 is 10.1 Å². The molecule has 1 N–H and O–H groups in total. The van der Waals surface area contributed by atoms with Crippen LogP contribution in [0.5, 0.6) is 0 Å². The van der Waals surface area contributed by atoms with Crippen molar-refractivity contribution in [1.82, 2.24) is 5.32 Å². The van der Waals surface area contributed by atoms with Crippen molar-refractivity contribution >= 4 is 11.9 Å². The second-order valence-electron chi connectivity index (χ2n) is 5.72. The summed E-state index contributed by atoms with van der Waals surface area (Å²) >= 11 is 0. The number of amides is 1. The lowest BCUT2D eigenvalue weighted by Crippen LogP contribution is -2.47. The van der Waals surface area contributed by atoms with E-state index >= 15 is 0 Å². The summed E-state index contributed by atoms with van der Waals surface area (Å²) in [6.07, 6.45) is -0.0820. The monoisotopic (exact) mass is 277 g/mol. The highest BCUT2D eigenvalue weighted by Crippen LogP contribution is 2.19. The van der Waals surface area contributed by atoms with Crippen LogP contribution in [-0.2, 0) is 16.0 Å². The third-order valence-corrected chi connectivity index (χ3v) is 2.91. The van der Waals surface area contributed by atoms with Gasteiger partial charge in [-0.05, 0) is 18.9 Å². The van der Waals surface area contributed by atoms with E-state index in [1.807, 2.05) is 51.1 Å². The molecule has 1 aromatic carbocycles. The van der Waals surface area contributed by atoms with Gasteiger partial charge in [0.25, 0.3) is 0 Å². The SMILES string of the molecule is CCOC(=O)N[C@@H](Cc1ccccc1)C(=O)C(C)(C)C. The zero-order valence-electron chi connectivity index (χ0n) is 12.6. The molecule has 4 heteroatoms. The number of hydrogen-bond donors (Lipinski definition) is 1. The molecule has 1 atom stereocenters. The summed E-state index contributed by atoms with van der Waals surface area (Å²) in [6.45, 7) is 7.56. The maximum absolute atomic E-state index is 12.4. The number of carbonyl (C=O) groups excluding carboxylic acids is 2. The summed E-state index contributed by atoms with van der Waals surface area (Å²) < 4.78 is 4.87. The van der Waals surface area contributed by atoms with Gasteiger partial charge >= 0.3 is 6.09 Å². The third-order valence-electron chi connectivity index (χ3n) is 2.91. The van der Waals surface area contributed by atoms with Crippen LogP contribution in [-0.4, -0.2) is 24.5 Å². The third kappa shape index (κ3) is 5.03. The van der Waals surface area contributed by atoms with Crippen molar-refractivity contribution < 1.29 is 14.3 Å². The van der Waals surface area contributed by atoms with E-state index in [-0.39, 0.29) is 12.4 Å². The first-order valence-corrected chi connectivity index (χ1v) is 6.86.